The molecule has 0 unspecified atom stereocenters. The molecule has 1 aliphatic carbocycles. The Kier molecular flexibility index (Phi) is 4.58. The van der Waals surface area contributed by atoms with Crippen molar-refractivity contribution in [3.8, 4) is 39.9 Å². The van der Waals surface area contributed by atoms with Crippen molar-refractivity contribution in [3.05, 3.63) is 133 Å². The fourth-order valence-corrected chi connectivity index (χ4v) is 9.60. The minimum atomic E-state index is 0.618. The van der Waals surface area contributed by atoms with Gasteiger partial charge in [-0.2, -0.15) is 9.97 Å². The van der Waals surface area contributed by atoms with Crippen molar-refractivity contribution in [2.75, 3.05) is 0 Å². The van der Waals surface area contributed by atoms with Gasteiger partial charge < -0.3 is 0 Å². The van der Waals surface area contributed by atoms with E-state index in [1.807, 2.05) is 47.7 Å². The summed E-state index contributed by atoms with van der Waals surface area (Å²) in [6.45, 7) is 0. The van der Waals surface area contributed by atoms with Crippen molar-refractivity contribution in [3.63, 3.8) is 0 Å². The van der Waals surface area contributed by atoms with Crippen LogP contribution in [0.3, 0.4) is 0 Å². The largest absolute Gasteiger partial charge is 0.278 e. The maximum Gasteiger partial charge on any atom is 0.238 e. The van der Waals surface area contributed by atoms with E-state index in [-0.39, 0.29) is 0 Å². The summed E-state index contributed by atoms with van der Waals surface area (Å²) in [6.07, 6.45) is 0. The highest BCUT2D eigenvalue weighted by molar-refractivity contribution is 7.26. The minimum Gasteiger partial charge on any atom is -0.278 e. The monoisotopic (exact) mass is 626 g/mol. The van der Waals surface area contributed by atoms with Crippen LogP contribution >= 0.6 is 11.3 Å². The molecule has 0 spiro atoms. The van der Waals surface area contributed by atoms with Crippen LogP contribution in [0.15, 0.2) is 133 Å². The fourth-order valence-electron chi connectivity index (χ4n) is 8.42. The molecule has 0 aliphatic heterocycles. The summed E-state index contributed by atoms with van der Waals surface area (Å²) in [4.78, 5) is 15.4. The second-order valence-corrected chi connectivity index (χ2v) is 13.8. The Morgan fingerprint density at radius 2 is 1.04 bits per heavy atom. The van der Waals surface area contributed by atoms with Crippen LogP contribution in [-0.4, -0.2) is 19.5 Å². The summed E-state index contributed by atoms with van der Waals surface area (Å²) in [6, 6.07) is 47.8. The lowest BCUT2D eigenvalue weighted by atomic mass is 9.94. The summed E-state index contributed by atoms with van der Waals surface area (Å²) >= 11 is 1.90. The van der Waals surface area contributed by atoms with Gasteiger partial charge in [0.15, 0.2) is 11.6 Å². The molecule has 0 bridgehead atoms. The van der Waals surface area contributed by atoms with Crippen LogP contribution in [0.25, 0.3) is 114 Å². The molecule has 0 N–H and O–H groups in total. The average Bonchev–Trinajstić information content (AvgIpc) is 3.80. The number of hydrogen-bond acceptors (Lipinski definition) is 4. The van der Waals surface area contributed by atoms with Gasteiger partial charge >= 0.3 is 0 Å². The van der Waals surface area contributed by atoms with E-state index in [4.69, 9.17) is 15.0 Å². The summed E-state index contributed by atoms with van der Waals surface area (Å²) in [7, 11) is 0. The second kappa shape index (κ2) is 8.79. The summed E-state index contributed by atoms with van der Waals surface area (Å²) in [5.41, 5.74) is 6.77. The molecule has 12 rings (SSSR count). The standard InChI is InChI=1S/C43H22N4S/c1-3-10-23(11-4-1)41-44-42(24-12-5-2-6-13-24)46-43(45-41)47-30-19-9-18-29-28-17-8-16-27-26-15-7-14-25-22-33-39(40(34(25)26)35(27)28)38-32(48-33)21-20-31(47)37(38)36(29)30/h1-22H. The highest BCUT2D eigenvalue weighted by Crippen LogP contribution is 2.55. The van der Waals surface area contributed by atoms with E-state index in [9.17, 15) is 0 Å². The molecule has 11 aromatic rings. The van der Waals surface area contributed by atoms with Crippen molar-refractivity contribution in [1.29, 1.82) is 0 Å². The lowest BCUT2D eigenvalue weighted by Gasteiger charge is -2.11. The van der Waals surface area contributed by atoms with Gasteiger partial charge in [0.2, 0.25) is 5.95 Å². The molecule has 4 nitrogen and oxygen atoms in total. The average molecular weight is 627 g/mol. The van der Waals surface area contributed by atoms with Crippen LogP contribution in [0.1, 0.15) is 0 Å². The van der Waals surface area contributed by atoms with Crippen molar-refractivity contribution in [1.82, 2.24) is 19.5 Å². The molecule has 0 saturated carbocycles. The number of nitrogens with zero attached hydrogens (tertiary/aromatic N) is 4. The van der Waals surface area contributed by atoms with E-state index in [0.29, 0.717) is 17.6 Å². The smallest absolute Gasteiger partial charge is 0.238 e. The Labute approximate surface area is 277 Å². The molecule has 220 valence electrons. The molecule has 3 aromatic heterocycles. The first kappa shape index (κ1) is 25.0. The van der Waals surface area contributed by atoms with Crippen LogP contribution in [0, 0.1) is 0 Å². The lowest BCUT2D eigenvalue weighted by Crippen LogP contribution is -2.06. The summed E-state index contributed by atoms with van der Waals surface area (Å²) < 4.78 is 4.90. The lowest BCUT2D eigenvalue weighted by molar-refractivity contribution is 0.954. The third-order valence-electron chi connectivity index (χ3n) is 10.3. The van der Waals surface area contributed by atoms with Gasteiger partial charge in [-0.05, 0) is 62.3 Å². The van der Waals surface area contributed by atoms with Gasteiger partial charge in [-0.1, -0.05) is 109 Å². The van der Waals surface area contributed by atoms with Crippen molar-refractivity contribution >= 4 is 85.6 Å². The van der Waals surface area contributed by atoms with Crippen molar-refractivity contribution in [2.45, 2.75) is 0 Å². The highest BCUT2D eigenvalue weighted by atomic mass is 32.1. The topological polar surface area (TPSA) is 43.6 Å². The van der Waals surface area contributed by atoms with Crippen LogP contribution in [0.4, 0.5) is 0 Å². The van der Waals surface area contributed by atoms with Gasteiger partial charge in [-0.3, -0.25) is 4.57 Å². The van der Waals surface area contributed by atoms with E-state index in [1.165, 1.54) is 74.4 Å². The van der Waals surface area contributed by atoms with E-state index in [1.54, 1.807) is 0 Å². The number of hydrogen-bond donors (Lipinski definition) is 0. The van der Waals surface area contributed by atoms with E-state index in [0.717, 1.165) is 22.2 Å². The Hall–Kier alpha value is -6.17. The third kappa shape index (κ3) is 3.03. The molecule has 48 heavy (non-hydrogen) atoms. The predicted molar refractivity (Wildman–Crippen MR) is 201 cm³/mol. The zero-order valence-corrected chi connectivity index (χ0v) is 26.2. The molecule has 0 atom stereocenters. The van der Waals surface area contributed by atoms with Crippen molar-refractivity contribution < 1.29 is 0 Å². The summed E-state index contributed by atoms with van der Waals surface area (Å²) in [5.74, 6) is 1.93. The first-order valence-electron chi connectivity index (χ1n) is 16.2. The molecule has 8 aromatic carbocycles. The second-order valence-electron chi connectivity index (χ2n) is 12.7. The number of rotatable bonds is 3. The Morgan fingerprint density at radius 1 is 0.417 bits per heavy atom. The predicted octanol–water partition coefficient (Wildman–Crippen LogP) is 11.5. The SMILES string of the molecule is c1ccc(-c2nc(-c3ccccc3)nc(-n3c4cccc5c6cccc7c6c6c8c-7cccc8cc7sc8ccc3c(c8c76)c54)n2)cc1. The fraction of sp³-hybridized carbons (Fsp3) is 0. The number of fused-ring (bicyclic) bond motifs is 2. The van der Waals surface area contributed by atoms with E-state index in [2.05, 4.69) is 102 Å². The third-order valence-corrected chi connectivity index (χ3v) is 11.4. The quantitative estimate of drug-likeness (QED) is 0.196. The first-order valence-corrected chi connectivity index (χ1v) is 17.0. The maximum absolute atomic E-state index is 5.21. The first-order chi connectivity index (χ1) is 23.8. The maximum atomic E-state index is 5.21. The van der Waals surface area contributed by atoms with Crippen LogP contribution < -0.4 is 0 Å². The minimum absolute atomic E-state index is 0.618. The highest BCUT2D eigenvalue weighted by Gasteiger charge is 2.28. The number of aromatic nitrogens is 4. The van der Waals surface area contributed by atoms with Crippen LogP contribution in [0.2, 0.25) is 0 Å². The van der Waals surface area contributed by atoms with Crippen molar-refractivity contribution in [2.24, 2.45) is 0 Å². The number of benzene rings is 7. The molecule has 0 amide bonds. The molecule has 3 heterocycles. The van der Waals surface area contributed by atoms with Gasteiger partial charge in [0.1, 0.15) is 0 Å². The Balaban J connectivity index is 1.32. The number of thiophene rings is 1. The Bertz CT molecular complexity index is 3100. The molecule has 0 saturated heterocycles. The zero-order chi connectivity index (χ0) is 31.1. The molecule has 1 aliphatic rings. The normalized spacial score (nSPS) is 12.6. The molecule has 0 radical (unpaired) electrons. The summed E-state index contributed by atoms with van der Waals surface area (Å²) in [5, 5.41) is 13.2. The van der Waals surface area contributed by atoms with Crippen LogP contribution in [0.5, 0.6) is 0 Å². The van der Waals surface area contributed by atoms with Gasteiger partial charge in [-0.15, -0.1) is 11.3 Å². The van der Waals surface area contributed by atoms with E-state index >= 15 is 0 Å². The van der Waals surface area contributed by atoms with Gasteiger partial charge in [0.25, 0.3) is 0 Å². The van der Waals surface area contributed by atoms with Gasteiger partial charge in [-0.25, -0.2) is 4.98 Å². The molecular weight excluding hydrogens is 605 g/mol. The van der Waals surface area contributed by atoms with Gasteiger partial charge in [0.05, 0.1) is 11.0 Å². The van der Waals surface area contributed by atoms with Gasteiger partial charge in [0, 0.05) is 47.5 Å². The Morgan fingerprint density at radius 3 is 1.79 bits per heavy atom. The molecular formula is C43H22N4S. The molecule has 0 fully saturated rings. The molecule has 5 heteroatoms. The van der Waals surface area contributed by atoms with Crippen LogP contribution in [-0.2, 0) is 0 Å². The zero-order valence-electron chi connectivity index (χ0n) is 25.4. The van der Waals surface area contributed by atoms with E-state index < -0.39 is 0 Å².